The Morgan fingerprint density at radius 2 is 2.31 bits per heavy atom. The summed E-state index contributed by atoms with van der Waals surface area (Å²) in [6.07, 6.45) is 3.86. The molecule has 1 fully saturated rings. The summed E-state index contributed by atoms with van der Waals surface area (Å²) >= 11 is 6.25. The second-order valence-electron chi connectivity index (χ2n) is 5.26. The minimum atomic E-state index is 0.363. The van der Waals surface area contributed by atoms with E-state index in [1.165, 1.54) is 19.3 Å². The van der Waals surface area contributed by atoms with E-state index < -0.39 is 0 Å². The summed E-state index contributed by atoms with van der Waals surface area (Å²) in [4.78, 5) is 0. The van der Waals surface area contributed by atoms with E-state index in [-0.39, 0.29) is 0 Å². The number of rotatable bonds is 0. The first-order chi connectivity index (χ1) is 7.69. The molecule has 2 atom stereocenters. The molecule has 2 nitrogen and oxygen atoms in total. The van der Waals surface area contributed by atoms with Gasteiger partial charge in [-0.05, 0) is 25.0 Å². The van der Waals surface area contributed by atoms with Gasteiger partial charge >= 0.3 is 0 Å². The second-order valence-corrected chi connectivity index (χ2v) is 5.67. The van der Waals surface area contributed by atoms with Crippen LogP contribution < -0.4 is 10.6 Å². The molecule has 1 saturated carbocycles. The van der Waals surface area contributed by atoms with Gasteiger partial charge in [-0.2, -0.15) is 0 Å². The average molecular weight is 237 g/mol. The lowest BCUT2D eigenvalue weighted by molar-refractivity contribution is 0.335. The second kappa shape index (κ2) is 3.56. The molecule has 3 rings (SSSR count). The summed E-state index contributed by atoms with van der Waals surface area (Å²) in [6.45, 7) is 3.41. The molecule has 0 spiro atoms. The van der Waals surface area contributed by atoms with Crippen LogP contribution in [0.4, 0.5) is 11.4 Å². The van der Waals surface area contributed by atoms with Gasteiger partial charge in [0.2, 0.25) is 0 Å². The monoisotopic (exact) mass is 236 g/mol. The van der Waals surface area contributed by atoms with Crippen molar-refractivity contribution in [3.8, 4) is 0 Å². The molecule has 0 amide bonds. The topological polar surface area (TPSA) is 24.1 Å². The van der Waals surface area contributed by atoms with Gasteiger partial charge in [-0.25, -0.2) is 0 Å². The van der Waals surface area contributed by atoms with E-state index in [1.54, 1.807) is 0 Å². The highest BCUT2D eigenvalue weighted by molar-refractivity contribution is 6.34. The third kappa shape index (κ3) is 1.47. The Bertz CT molecular complexity index is 418. The first-order valence-corrected chi connectivity index (χ1v) is 6.36. The summed E-state index contributed by atoms with van der Waals surface area (Å²) in [7, 11) is 0. The number of hydrogen-bond acceptors (Lipinski definition) is 2. The third-order valence-corrected chi connectivity index (χ3v) is 4.41. The number of nitrogens with one attached hydrogen (secondary N) is 2. The number of para-hydroxylation sites is 1. The highest BCUT2D eigenvalue weighted by Gasteiger charge is 2.40. The van der Waals surface area contributed by atoms with Crippen molar-refractivity contribution in [1.29, 1.82) is 0 Å². The Labute approximate surface area is 101 Å². The van der Waals surface area contributed by atoms with Gasteiger partial charge in [-0.15, -0.1) is 0 Å². The van der Waals surface area contributed by atoms with Crippen LogP contribution in [0.3, 0.4) is 0 Å². The van der Waals surface area contributed by atoms with Crippen LogP contribution in [-0.2, 0) is 0 Å². The van der Waals surface area contributed by atoms with E-state index in [1.807, 2.05) is 12.1 Å². The highest BCUT2D eigenvalue weighted by atomic mass is 35.5. The van der Waals surface area contributed by atoms with E-state index in [9.17, 15) is 0 Å². The van der Waals surface area contributed by atoms with E-state index in [0.29, 0.717) is 11.5 Å². The van der Waals surface area contributed by atoms with Crippen LogP contribution in [0.25, 0.3) is 0 Å². The fraction of sp³-hybridized carbons (Fsp3) is 0.538. The Kier molecular flexibility index (Phi) is 2.28. The van der Waals surface area contributed by atoms with Crippen molar-refractivity contribution >= 4 is 23.0 Å². The van der Waals surface area contributed by atoms with Gasteiger partial charge in [0.1, 0.15) is 0 Å². The molecule has 0 aromatic heterocycles. The van der Waals surface area contributed by atoms with Crippen LogP contribution >= 0.6 is 11.6 Å². The zero-order valence-corrected chi connectivity index (χ0v) is 10.3. The third-order valence-electron chi connectivity index (χ3n) is 4.10. The molecule has 2 unspecified atom stereocenters. The van der Waals surface area contributed by atoms with Crippen LogP contribution in [0.2, 0.25) is 5.02 Å². The maximum absolute atomic E-state index is 6.25. The van der Waals surface area contributed by atoms with Crippen molar-refractivity contribution < 1.29 is 0 Å². The molecular weight excluding hydrogens is 220 g/mol. The van der Waals surface area contributed by atoms with Gasteiger partial charge in [0, 0.05) is 18.0 Å². The Morgan fingerprint density at radius 3 is 3.19 bits per heavy atom. The molecule has 86 valence electrons. The lowest BCUT2D eigenvalue weighted by atomic mass is 9.85. The average Bonchev–Trinajstić information content (AvgIpc) is 2.55. The van der Waals surface area contributed by atoms with Gasteiger partial charge in [0.05, 0.1) is 16.4 Å². The van der Waals surface area contributed by atoms with Gasteiger partial charge in [0.15, 0.2) is 0 Å². The van der Waals surface area contributed by atoms with Crippen LogP contribution in [0.15, 0.2) is 18.2 Å². The predicted octanol–water partition coefficient (Wildman–Crippen LogP) is 3.74. The highest BCUT2D eigenvalue weighted by Crippen LogP contribution is 2.44. The number of halogens is 1. The molecule has 1 aliphatic heterocycles. The number of benzene rings is 1. The summed E-state index contributed by atoms with van der Waals surface area (Å²) in [5.41, 5.74) is 2.59. The molecule has 1 heterocycles. The van der Waals surface area contributed by atoms with Crippen molar-refractivity contribution in [2.24, 2.45) is 5.41 Å². The molecule has 1 aromatic carbocycles. The maximum atomic E-state index is 6.25. The van der Waals surface area contributed by atoms with Crippen molar-refractivity contribution in [3.63, 3.8) is 0 Å². The van der Waals surface area contributed by atoms with Crippen molar-refractivity contribution in [1.82, 2.24) is 0 Å². The minimum absolute atomic E-state index is 0.363. The fourth-order valence-corrected chi connectivity index (χ4v) is 3.21. The molecular formula is C13H17ClN2. The largest absolute Gasteiger partial charge is 0.383 e. The quantitative estimate of drug-likeness (QED) is 0.717. The van der Waals surface area contributed by atoms with E-state index in [4.69, 9.17) is 11.6 Å². The number of anilines is 2. The van der Waals surface area contributed by atoms with Gasteiger partial charge in [-0.1, -0.05) is 31.0 Å². The molecule has 2 aliphatic rings. The lowest BCUT2D eigenvalue weighted by Crippen LogP contribution is -2.36. The maximum Gasteiger partial charge on any atom is 0.0767 e. The molecule has 16 heavy (non-hydrogen) atoms. The molecule has 0 bridgehead atoms. The van der Waals surface area contributed by atoms with Crippen LogP contribution in [0, 0.1) is 5.41 Å². The van der Waals surface area contributed by atoms with Crippen LogP contribution in [0.5, 0.6) is 0 Å². The first-order valence-electron chi connectivity index (χ1n) is 5.98. The van der Waals surface area contributed by atoms with Crippen LogP contribution in [-0.4, -0.2) is 12.6 Å². The van der Waals surface area contributed by atoms with Crippen molar-refractivity contribution in [3.05, 3.63) is 23.2 Å². The van der Waals surface area contributed by atoms with Crippen molar-refractivity contribution in [2.45, 2.75) is 32.2 Å². The summed E-state index contributed by atoms with van der Waals surface area (Å²) in [5.74, 6) is 0. The first kappa shape index (κ1) is 10.3. The van der Waals surface area contributed by atoms with Gasteiger partial charge < -0.3 is 10.6 Å². The zero-order chi connectivity index (χ0) is 11.2. The van der Waals surface area contributed by atoms with Gasteiger partial charge in [-0.3, -0.25) is 0 Å². The number of hydrogen-bond donors (Lipinski definition) is 2. The SMILES string of the molecule is CC12CCCC1Nc1c(Cl)cccc1NC2. The molecule has 3 heteroatoms. The molecule has 0 saturated heterocycles. The smallest absolute Gasteiger partial charge is 0.0767 e. The summed E-state index contributed by atoms with van der Waals surface area (Å²) in [5, 5.41) is 7.99. The number of fused-ring (bicyclic) bond motifs is 2. The van der Waals surface area contributed by atoms with E-state index >= 15 is 0 Å². The predicted molar refractivity (Wildman–Crippen MR) is 69.3 cm³/mol. The molecule has 1 aromatic rings. The fourth-order valence-electron chi connectivity index (χ4n) is 2.98. The lowest BCUT2D eigenvalue weighted by Gasteiger charge is -2.30. The van der Waals surface area contributed by atoms with Crippen LogP contribution in [0.1, 0.15) is 26.2 Å². The standard InChI is InChI=1S/C13H17ClN2/c1-13-7-3-6-11(13)16-12-9(14)4-2-5-10(12)15-8-13/h2,4-5,11,15-16H,3,6-8H2,1H3. The van der Waals surface area contributed by atoms with Crippen molar-refractivity contribution in [2.75, 3.05) is 17.2 Å². The molecule has 0 radical (unpaired) electrons. The van der Waals surface area contributed by atoms with E-state index in [2.05, 4.69) is 23.6 Å². The Morgan fingerprint density at radius 1 is 1.44 bits per heavy atom. The Balaban J connectivity index is 2.01. The molecule has 1 aliphatic carbocycles. The summed E-state index contributed by atoms with van der Waals surface area (Å²) < 4.78 is 0. The normalized spacial score (nSPS) is 32.0. The Hall–Kier alpha value is -0.890. The minimum Gasteiger partial charge on any atom is -0.383 e. The van der Waals surface area contributed by atoms with E-state index in [0.717, 1.165) is 22.9 Å². The molecule has 2 N–H and O–H groups in total. The zero-order valence-electron chi connectivity index (χ0n) is 9.52. The van der Waals surface area contributed by atoms with Gasteiger partial charge in [0.25, 0.3) is 0 Å². The summed E-state index contributed by atoms with van der Waals surface area (Å²) in [6, 6.07) is 6.60.